The Kier molecular flexibility index (Phi) is 7.14. The van der Waals surface area contributed by atoms with Crippen LogP contribution in [0.5, 0.6) is 0 Å². The van der Waals surface area contributed by atoms with E-state index < -0.39 is 0 Å². The maximum atomic E-state index is 5.95. The van der Waals surface area contributed by atoms with Crippen LogP contribution in [0.3, 0.4) is 0 Å². The van der Waals surface area contributed by atoms with Crippen molar-refractivity contribution >= 4 is 21.6 Å². The van der Waals surface area contributed by atoms with Gasteiger partial charge in [-0.15, -0.1) is 0 Å². The lowest BCUT2D eigenvalue weighted by molar-refractivity contribution is -0.164. The number of piperazine rings is 1. The number of rotatable bonds is 1. The van der Waals surface area contributed by atoms with Gasteiger partial charge in [0.25, 0.3) is 0 Å². The van der Waals surface area contributed by atoms with E-state index in [4.69, 9.17) is 18.9 Å². The Bertz CT molecular complexity index is 1070. The molecule has 0 amide bonds. The van der Waals surface area contributed by atoms with E-state index in [2.05, 4.69) is 69.2 Å². The first-order chi connectivity index (χ1) is 17.5. The van der Waals surface area contributed by atoms with Crippen LogP contribution in [-0.2, 0) is 44.6 Å². The van der Waals surface area contributed by atoms with E-state index >= 15 is 0 Å². The number of benzene rings is 2. The molecule has 3 aliphatic heterocycles. The van der Waals surface area contributed by atoms with Gasteiger partial charge in [-0.25, -0.2) is 0 Å². The molecular weight excluding hydrogens is 520 g/mol. The molecule has 0 atom stereocenters. The molecule has 2 aromatic rings. The number of ether oxygens (including phenoxy) is 4. The number of likely N-dealkylation sites (N-methyl/N-ethyl adjacent to an activating group) is 1. The van der Waals surface area contributed by atoms with Gasteiger partial charge in [-0.05, 0) is 54.3 Å². The van der Waals surface area contributed by atoms with Gasteiger partial charge >= 0.3 is 0 Å². The maximum Gasteiger partial charge on any atom is 0.172 e. The molecule has 0 radical (unpaired) electrons. The van der Waals surface area contributed by atoms with Gasteiger partial charge in [-0.2, -0.15) is 0 Å². The lowest BCUT2D eigenvalue weighted by Gasteiger charge is -2.39. The molecule has 36 heavy (non-hydrogen) atoms. The quantitative estimate of drug-likeness (QED) is 0.520. The standard InChI is InChI=1S/C17H24N2O2.C12H13BrO2/c1-18-7-9-19(10-8-18)16-4-2-3-14-5-6-17(13-15(14)16)20-11-12-21-17;13-11-3-1-2-9-4-5-12(8-10(9)11)14-6-7-15-12/h2-4H,5-13H2,1H3;1-3H,4-8H2. The Balaban J connectivity index is 0.000000141. The molecule has 5 aliphatic rings. The van der Waals surface area contributed by atoms with Gasteiger partial charge in [0, 0.05) is 62.0 Å². The van der Waals surface area contributed by atoms with Gasteiger partial charge in [0.05, 0.1) is 26.4 Å². The monoisotopic (exact) mass is 556 g/mol. The first-order valence-corrected chi connectivity index (χ1v) is 14.2. The average Bonchev–Trinajstić information content (AvgIpc) is 3.55. The summed E-state index contributed by atoms with van der Waals surface area (Å²) in [4.78, 5) is 4.93. The van der Waals surface area contributed by atoms with Gasteiger partial charge in [-0.3, -0.25) is 0 Å². The fourth-order valence-electron chi connectivity index (χ4n) is 6.29. The first-order valence-electron chi connectivity index (χ1n) is 13.4. The molecule has 0 bridgehead atoms. The zero-order valence-corrected chi connectivity index (χ0v) is 22.9. The summed E-state index contributed by atoms with van der Waals surface area (Å²) in [5.41, 5.74) is 7.12. The lowest BCUT2D eigenvalue weighted by atomic mass is 9.85. The summed E-state index contributed by atoms with van der Waals surface area (Å²) in [7, 11) is 2.20. The van der Waals surface area contributed by atoms with Gasteiger partial charge in [0.15, 0.2) is 11.6 Å². The van der Waals surface area contributed by atoms with Crippen LogP contribution in [0.2, 0.25) is 0 Å². The van der Waals surface area contributed by atoms with Crippen LogP contribution in [0.1, 0.15) is 35.1 Å². The third-order valence-corrected chi connectivity index (χ3v) is 9.12. The van der Waals surface area contributed by atoms with Crippen LogP contribution in [0.25, 0.3) is 0 Å². The maximum absolute atomic E-state index is 5.95. The SMILES string of the molecule is Brc1cccc2c1CC1(CC2)OCCO1.CN1CCN(c2cccc3c2CC2(CC3)OCCO2)CC1. The minimum Gasteiger partial charge on any atom is -0.369 e. The second-order valence-corrected chi connectivity index (χ2v) is 11.5. The molecule has 3 heterocycles. The van der Waals surface area contributed by atoms with Crippen molar-refractivity contribution in [2.24, 2.45) is 0 Å². The molecule has 7 rings (SSSR count). The second-order valence-electron chi connectivity index (χ2n) is 10.7. The molecule has 3 fully saturated rings. The molecule has 194 valence electrons. The molecule has 3 saturated heterocycles. The van der Waals surface area contributed by atoms with Crippen molar-refractivity contribution in [3.8, 4) is 0 Å². The van der Waals surface area contributed by atoms with Gasteiger partial charge in [-0.1, -0.05) is 40.2 Å². The Hall–Kier alpha value is -1.48. The highest BCUT2D eigenvalue weighted by Crippen LogP contribution is 2.40. The van der Waals surface area contributed by atoms with E-state index in [1.165, 1.54) is 32.4 Å². The smallest absolute Gasteiger partial charge is 0.172 e. The largest absolute Gasteiger partial charge is 0.369 e. The van der Waals surface area contributed by atoms with Crippen molar-refractivity contribution in [1.29, 1.82) is 0 Å². The third kappa shape index (κ3) is 4.98. The van der Waals surface area contributed by atoms with Crippen molar-refractivity contribution in [3.63, 3.8) is 0 Å². The number of nitrogens with zero attached hydrogens (tertiary/aromatic N) is 2. The lowest BCUT2D eigenvalue weighted by Crippen LogP contribution is -2.45. The molecule has 0 unspecified atom stereocenters. The number of fused-ring (bicyclic) bond motifs is 2. The molecule has 7 heteroatoms. The summed E-state index contributed by atoms with van der Waals surface area (Å²) < 4.78 is 24.6. The highest BCUT2D eigenvalue weighted by atomic mass is 79.9. The van der Waals surface area contributed by atoms with Crippen LogP contribution in [0.4, 0.5) is 5.69 Å². The van der Waals surface area contributed by atoms with Crippen molar-refractivity contribution in [2.45, 2.75) is 50.1 Å². The number of hydrogen-bond donors (Lipinski definition) is 0. The van der Waals surface area contributed by atoms with E-state index in [9.17, 15) is 0 Å². The summed E-state index contributed by atoms with van der Waals surface area (Å²) in [6.07, 6.45) is 5.88. The van der Waals surface area contributed by atoms with E-state index in [0.717, 1.165) is 91.1 Å². The molecule has 2 spiro atoms. The second kappa shape index (κ2) is 10.4. The molecule has 6 nitrogen and oxygen atoms in total. The molecule has 0 N–H and O–H groups in total. The summed E-state index contributed by atoms with van der Waals surface area (Å²) in [5, 5.41) is 0. The van der Waals surface area contributed by atoms with Gasteiger partial charge in [0.2, 0.25) is 0 Å². The molecule has 2 aromatic carbocycles. The minimum absolute atomic E-state index is 0.323. The third-order valence-electron chi connectivity index (χ3n) is 8.38. The predicted octanol–water partition coefficient (Wildman–Crippen LogP) is 4.35. The van der Waals surface area contributed by atoms with Crippen LogP contribution in [-0.4, -0.2) is 76.1 Å². The van der Waals surface area contributed by atoms with Crippen LogP contribution in [0.15, 0.2) is 40.9 Å². The summed E-state index contributed by atoms with van der Waals surface area (Å²) in [6, 6.07) is 13.1. The fraction of sp³-hybridized carbons (Fsp3) is 0.586. The van der Waals surface area contributed by atoms with Crippen molar-refractivity contribution in [1.82, 2.24) is 4.90 Å². The number of halogens is 1. The highest BCUT2D eigenvalue weighted by molar-refractivity contribution is 9.10. The Morgan fingerprint density at radius 3 is 1.83 bits per heavy atom. The van der Waals surface area contributed by atoms with Gasteiger partial charge in [0.1, 0.15) is 0 Å². The van der Waals surface area contributed by atoms with E-state index in [1.807, 2.05) is 0 Å². The minimum atomic E-state index is -0.338. The predicted molar refractivity (Wildman–Crippen MR) is 144 cm³/mol. The number of hydrogen-bond acceptors (Lipinski definition) is 6. The zero-order chi connectivity index (χ0) is 24.6. The number of anilines is 1. The van der Waals surface area contributed by atoms with Crippen molar-refractivity contribution < 1.29 is 18.9 Å². The zero-order valence-electron chi connectivity index (χ0n) is 21.3. The first kappa shape index (κ1) is 24.8. The van der Waals surface area contributed by atoms with Crippen LogP contribution >= 0.6 is 15.9 Å². The summed E-state index contributed by atoms with van der Waals surface area (Å²) in [5.74, 6) is -0.660. The molecule has 0 saturated carbocycles. The Morgan fingerprint density at radius 1 is 0.694 bits per heavy atom. The van der Waals surface area contributed by atoms with Gasteiger partial charge < -0.3 is 28.7 Å². The Labute approximate surface area is 223 Å². The summed E-state index contributed by atoms with van der Waals surface area (Å²) >= 11 is 3.60. The van der Waals surface area contributed by atoms with Crippen molar-refractivity contribution in [2.75, 3.05) is 64.6 Å². The highest BCUT2D eigenvalue weighted by Gasteiger charge is 2.41. The normalized spacial score (nSPS) is 24.3. The molecular formula is C29H37BrN2O4. The van der Waals surface area contributed by atoms with E-state index in [1.54, 1.807) is 0 Å². The summed E-state index contributed by atoms with van der Waals surface area (Å²) in [6.45, 7) is 7.46. The molecule has 2 aliphatic carbocycles. The molecule has 0 aromatic heterocycles. The van der Waals surface area contributed by atoms with E-state index in [-0.39, 0.29) is 11.6 Å². The Morgan fingerprint density at radius 2 is 1.22 bits per heavy atom. The van der Waals surface area contributed by atoms with Crippen LogP contribution in [0, 0.1) is 0 Å². The topological polar surface area (TPSA) is 43.4 Å². The van der Waals surface area contributed by atoms with E-state index in [0.29, 0.717) is 0 Å². The fourth-order valence-corrected chi connectivity index (χ4v) is 6.84. The number of aryl methyl sites for hydroxylation is 2. The van der Waals surface area contributed by atoms with Crippen LogP contribution < -0.4 is 4.90 Å². The average molecular weight is 558 g/mol. The van der Waals surface area contributed by atoms with Crippen molar-refractivity contribution in [3.05, 3.63) is 63.1 Å².